The van der Waals surface area contributed by atoms with E-state index in [2.05, 4.69) is 25.9 Å². The van der Waals surface area contributed by atoms with Crippen molar-refractivity contribution in [2.45, 2.75) is 39.7 Å². The van der Waals surface area contributed by atoms with Crippen LogP contribution >= 0.6 is 0 Å². The highest BCUT2D eigenvalue weighted by atomic mass is 16.3. The number of hydrogen-bond acceptors (Lipinski definition) is 3. The molecule has 1 unspecified atom stereocenters. The molecule has 0 aliphatic carbocycles. The first kappa shape index (κ1) is 12.0. The van der Waals surface area contributed by atoms with Crippen LogP contribution < -0.4 is 5.73 Å². The molecule has 0 saturated heterocycles. The van der Waals surface area contributed by atoms with Gasteiger partial charge >= 0.3 is 0 Å². The van der Waals surface area contributed by atoms with Crippen LogP contribution in [0.25, 0.3) is 0 Å². The molecule has 0 aromatic carbocycles. The third kappa shape index (κ3) is 2.72. The van der Waals surface area contributed by atoms with Crippen LogP contribution in [0, 0.1) is 5.92 Å². The molecule has 86 valence electrons. The minimum absolute atomic E-state index is 0.0732. The van der Waals surface area contributed by atoms with Crippen molar-refractivity contribution in [3.63, 3.8) is 0 Å². The highest BCUT2D eigenvalue weighted by Gasteiger charge is 2.17. The van der Waals surface area contributed by atoms with E-state index in [9.17, 15) is 0 Å². The topological polar surface area (TPSA) is 64.1 Å². The second-order valence-electron chi connectivity index (χ2n) is 4.20. The van der Waals surface area contributed by atoms with Gasteiger partial charge in [-0.3, -0.25) is 0 Å². The van der Waals surface area contributed by atoms with Gasteiger partial charge in [-0.25, -0.2) is 4.68 Å². The normalized spacial score (nSPS) is 13.4. The third-order valence-electron chi connectivity index (χ3n) is 2.77. The number of anilines is 1. The maximum Gasteiger partial charge on any atom is 0.122 e. The Morgan fingerprint density at radius 2 is 2.20 bits per heavy atom. The summed E-state index contributed by atoms with van der Waals surface area (Å²) in [6.45, 7) is 7.08. The van der Waals surface area contributed by atoms with Crippen molar-refractivity contribution in [3.8, 4) is 0 Å². The minimum atomic E-state index is 0.0732. The first-order valence-electron chi connectivity index (χ1n) is 5.54. The van der Waals surface area contributed by atoms with Gasteiger partial charge in [0.05, 0.1) is 18.8 Å². The summed E-state index contributed by atoms with van der Waals surface area (Å²) < 4.78 is 1.67. The number of rotatable bonds is 5. The summed E-state index contributed by atoms with van der Waals surface area (Å²) in [6, 6.07) is 1.92. The Morgan fingerprint density at radius 3 is 2.67 bits per heavy atom. The average molecular weight is 211 g/mol. The van der Waals surface area contributed by atoms with E-state index in [1.807, 2.05) is 6.07 Å². The zero-order valence-electron chi connectivity index (χ0n) is 9.77. The number of aromatic nitrogens is 2. The largest absolute Gasteiger partial charge is 0.394 e. The van der Waals surface area contributed by atoms with E-state index in [1.165, 1.54) is 0 Å². The van der Waals surface area contributed by atoms with Gasteiger partial charge in [-0.2, -0.15) is 5.10 Å². The fraction of sp³-hybridized carbons (Fsp3) is 0.727. The van der Waals surface area contributed by atoms with Crippen molar-refractivity contribution in [1.82, 2.24) is 9.78 Å². The standard InChI is InChI=1S/C11H21N3O/c1-4-9(8(2)3)10-7-11(12)14(13-10)5-6-15/h7-9,15H,4-6,12H2,1-3H3. The van der Waals surface area contributed by atoms with E-state index in [0.29, 0.717) is 24.2 Å². The van der Waals surface area contributed by atoms with Crippen LogP contribution in [0.15, 0.2) is 6.07 Å². The summed E-state index contributed by atoms with van der Waals surface area (Å²) in [4.78, 5) is 0. The zero-order chi connectivity index (χ0) is 11.4. The summed E-state index contributed by atoms with van der Waals surface area (Å²) in [5, 5.41) is 13.3. The van der Waals surface area contributed by atoms with Crippen LogP contribution in [0.1, 0.15) is 38.8 Å². The number of aliphatic hydroxyl groups excluding tert-OH is 1. The average Bonchev–Trinajstić information content (AvgIpc) is 2.49. The smallest absolute Gasteiger partial charge is 0.122 e. The highest BCUT2D eigenvalue weighted by Crippen LogP contribution is 2.27. The molecule has 1 heterocycles. The fourth-order valence-corrected chi connectivity index (χ4v) is 1.93. The zero-order valence-corrected chi connectivity index (χ0v) is 9.77. The van der Waals surface area contributed by atoms with Gasteiger partial charge in [0.2, 0.25) is 0 Å². The van der Waals surface area contributed by atoms with Gasteiger partial charge in [0.15, 0.2) is 0 Å². The maximum absolute atomic E-state index is 8.84. The Labute approximate surface area is 91.1 Å². The van der Waals surface area contributed by atoms with Gasteiger partial charge in [-0.05, 0) is 12.3 Å². The molecule has 1 rings (SSSR count). The van der Waals surface area contributed by atoms with E-state index in [0.717, 1.165) is 12.1 Å². The Morgan fingerprint density at radius 1 is 1.53 bits per heavy atom. The molecule has 3 N–H and O–H groups in total. The SMILES string of the molecule is CCC(c1cc(N)n(CCO)n1)C(C)C. The van der Waals surface area contributed by atoms with Crippen molar-refractivity contribution in [2.24, 2.45) is 5.92 Å². The van der Waals surface area contributed by atoms with Crippen molar-refractivity contribution >= 4 is 5.82 Å². The van der Waals surface area contributed by atoms with Crippen LogP contribution in [0.2, 0.25) is 0 Å². The van der Waals surface area contributed by atoms with Gasteiger partial charge in [0.1, 0.15) is 5.82 Å². The van der Waals surface area contributed by atoms with E-state index < -0.39 is 0 Å². The molecule has 4 heteroatoms. The van der Waals surface area contributed by atoms with Gasteiger partial charge in [-0.1, -0.05) is 20.8 Å². The van der Waals surface area contributed by atoms with E-state index in [-0.39, 0.29) is 6.61 Å². The number of nitrogens with zero attached hydrogens (tertiary/aromatic N) is 2. The predicted octanol–water partition coefficient (Wildman–Crippen LogP) is 1.61. The number of nitrogen functional groups attached to an aromatic ring is 1. The van der Waals surface area contributed by atoms with Crippen LogP contribution in [-0.2, 0) is 6.54 Å². The van der Waals surface area contributed by atoms with Gasteiger partial charge in [0, 0.05) is 12.0 Å². The molecule has 0 amide bonds. The molecular formula is C11H21N3O. The lowest BCUT2D eigenvalue weighted by Crippen LogP contribution is -2.10. The number of nitrogens with two attached hydrogens (primary N) is 1. The Kier molecular flexibility index (Phi) is 4.15. The molecule has 0 fully saturated rings. The first-order valence-corrected chi connectivity index (χ1v) is 5.54. The van der Waals surface area contributed by atoms with Crippen molar-refractivity contribution in [1.29, 1.82) is 0 Å². The summed E-state index contributed by atoms with van der Waals surface area (Å²) in [7, 11) is 0. The molecule has 1 aromatic heterocycles. The summed E-state index contributed by atoms with van der Waals surface area (Å²) in [5.41, 5.74) is 6.85. The molecular weight excluding hydrogens is 190 g/mol. The first-order chi connectivity index (χ1) is 7.10. The Balaban J connectivity index is 2.89. The summed E-state index contributed by atoms with van der Waals surface area (Å²) in [6.07, 6.45) is 1.06. The lowest BCUT2D eigenvalue weighted by Gasteiger charge is -2.15. The molecule has 0 aliphatic heterocycles. The Bertz CT molecular complexity index is 307. The fourth-order valence-electron chi connectivity index (χ4n) is 1.93. The lowest BCUT2D eigenvalue weighted by molar-refractivity contribution is 0.269. The Hall–Kier alpha value is -1.03. The van der Waals surface area contributed by atoms with E-state index in [4.69, 9.17) is 10.8 Å². The predicted molar refractivity (Wildman–Crippen MR) is 61.6 cm³/mol. The van der Waals surface area contributed by atoms with Crippen molar-refractivity contribution in [3.05, 3.63) is 11.8 Å². The van der Waals surface area contributed by atoms with Crippen molar-refractivity contribution < 1.29 is 5.11 Å². The molecule has 0 saturated carbocycles. The second-order valence-corrected chi connectivity index (χ2v) is 4.20. The molecule has 15 heavy (non-hydrogen) atoms. The van der Waals surface area contributed by atoms with Gasteiger partial charge < -0.3 is 10.8 Å². The second kappa shape index (κ2) is 5.16. The quantitative estimate of drug-likeness (QED) is 0.777. The van der Waals surface area contributed by atoms with Crippen LogP contribution in [0.5, 0.6) is 0 Å². The lowest BCUT2D eigenvalue weighted by atomic mass is 9.90. The van der Waals surface area contributed by atoms with Gasteiger partial charge in [-0.15, -0.1) is 0 Å². The molecule has 0 radical (unpaired) electrons. The molecule has 0 spiro atoms. The number of hydrogen-bond donors (Lipinski definition) is 2. The molecule has 1 atom stereocenters. The van der Waals surface area contributed by atoms with E-state index in [1.54, 1.807) is 4.68 Å². The minimum Gasteiger partial charge on any atom is -0.394 e. The van der Waals surface area contributed by atoms with Crippen LogP contribution in [-0.4, -0.2) is 21.5 Å². The molecule has 0 bridgehead atoms. The molecule has 4 nitrogen and oxygen atoms in total. The maximum atomic E-state index is 8.84. The monoisotopic (exact) mass is 211 g/mol. The summed E-state index contributed by atoms with van der Waals surface area (Å²) >= 11 is 0. The van der Waals surface area contributed by atoms with E-state index >= 15 is 0 Å². The third-order valence-corrected chi connectivity index (χ3v) is 2.77. The van der Waals surface area contributed by atoms with Crippen LogP contribution in [0.3, 0.4) is 0 Å². The summed E-state index contributed by atoms with van der Waals surface area (Å²) in [5.74, 6) is 1.65. The molecule has 0 aliphatic rings. The van der Waals surface area contributed by atoms with Gasteiger partial charge in [0.25, 0.3) is 0 Å². The number of aliphatic hydroxyl groups is 1. The highest BCUT2D eigenvalue weighted by molar-refractivity contribution is 5.32. The van der Waals surface area contributed by atoms with Crippen LogP contribution in [0.4, 0.5) is 5.82 Å². The molecule has 1 aromatic rings. The van der Waals surface area contributed by atoms with Crippen molar-refractivity contribution in [2.75, 3.05) is 12.3 Å².